The van der Waals surface area contributed by atoms with E-state index in [1.54, 1.807) is 18.2 Å². The van der Waals surface area contributed by atoms with Gasteiger partial charge in [-0.1, -0.05) is 42.3 Å². The Morgan fingerprint density at radius 2 is 2.12 bits per heavy atom. The van der Waals surface area contributed by atoms with Gasteiger partial charge in [0.2, 0.25) is 0 Å². The standard InChI is InChI=1S/C20H21Cl2NO3/c1-2-17(26-19-8-6-15(21)11-16(19)22)20(24)23-12-13-5-7-18-14(10-13)4-3-9-25-18/h5-8,10-11,17H,2-4,9,12H2,1H3,(H,23,24). The summed E-state index contributed by atoms with van der Waals surface area (Å²) in [7, 11) is 0. The van der Waals surface area contributed by atoms with Crippen molar-refractivity contribution in [1.29, 1.82) is 0 Å². The van der Waals surface area contributed by atoms with Gasteiger partial charge in [-0.3, -0.25) is 4.79 Å². The highest BCUT2D eigenvalue weighted by Crippen LogP contribution is 2.29. The van der Waals surface area contributed by atoms with Crippen molar-refractivity contribution in [1.82, 2.24) is 5.32 Å². The van der Waals surface area contributed by atoms with Crippen molar-refractivity contribution in [3.8, 4) is 11.5 Å². The molecule has 0 saturated heterocycles. The first-order valence-corrected chi connectivity index (χ1v) is 9.46. The van der Waals surface area contributed by atoms with E-state index < -0.39 is 6.10 Å². The monoisotopic (exact) mass is 393 g/mol. The summed E-state index contributed by atoms with van der Waals surface area (Å²) in [4.78, 5) is 12.5. The minimum atomic E-state index is -0.616. The molecular weight excluding hydrogens is 373 g/mol. The number of fused-ring (bicyclic) bond motifs is 1. The molecule has 6 heteroatoms. The number of carbonyl (C=O) groups excluding carboxylic acids is 1. The fourth-order valence-corrected chi connectivity index (χ4v) is 3.33. The SMILES string of the molecule is CCC(Oc1ccc(Cl)cc1Cl)C(=O)NCc1ccc2c(c1)CCCO2. The van der Waals surface area contributed by atoms with E-state index in [9.17, 15) is 4.79 Å². The maximum absolute atomic E-state index is 12.5. The number of aryl methyl sites for hydroxylation is 1. The molecule has 2 aromatic carbocycles. The Morgan fingerprint density at radius 1 is 1.27 bits per heavy atom. The summed E-state index contributed by atoms with van der Waals surface area (Å²) in [5, 5.41) is 3.85. The quantitative estimate of drug-likeness (QED) is 0.766. The number of amides is 1. The van der Waals surface area contributed by atoms with Gasteiger partial charge in [0.25, 0.3) is 5.91 Å². The molecule has 26 heavy (non-hydrogen) atoms. The lowest BCUT2D eigenvalue weighted by Gasteiger charge is -2.20. The Morgan fingerprint density at radius 3 is 2.88 bits per heavy atom. The molecule has 0 fully saturated rings. The predicted octanol–water partition coefficient (Wildman–Crippen LogP) is 4.79. The fourth-order valence-electron chi connectivity index (χ4n) is 2.87. The van der Waals surface area contributed by atoms with Crippen molar-refractivity contribution in [3.05, 3.63) is 57.6 Å². The van der Waals surface area contributed by atoms with Crippen LogP contribution in [-0.4, -0.2) is 18.6 Å². The summed E-state index contributed by atoms with van der Waals surface area (Å²) in [6, 6.07) is 11.0. The number of hydrogen-bond donors (Lipinski definition) is 1. The molecule has 1 atom stereocenters. The third kappa shape index (κ3) is 4.63. The second kappa shape index (κ2) is 8.65. The van der Waals surface area contributed by atoms with Gasteiger partial charge in [0, 0.05) is 11.6 Å². The highest BCUT2D eigenvalue weighted by atomic mass is 35.5. The molecule has 0 spiro atoms. The Kier molecular flexibility index (Phi) is 6.28. The smallest absolute Gasteiger partial charge is 0.261 e. The van der Waals surface area contributed by atoms with Gasteiger partial charge in [-0.15, -0.1) is 0 Å². The zero-order chi connectivity index (χ0) is 18.5. The van der Waals surface area contributed by atoms with E-state index in [-0.39, 0.29) is 5.91 Å². The summed E-state index contributed by atoms with van der Waals surface area (Å²) in [5.41, 5.74) is 2.24. The first kappa shape index (κ1) is 18.9. The van der Waals surface area contributed by atoms with Gasteiger partial charge in [-0.25, -0.2) is 0 Å². The Labute approximate surface area is 163 Å². The Bertz CT molecular complexity index is 795. The number of halogens is 2. The zero-order valence-electron chi connectivity index (χ0n) is 14.6. The van der Waals surface area contributed by atoms with Crippen LogP contribution >= 0.6 is 23.2 Å². The van der Waals surface area contributed by atoms with Crippen LogP contribution in [0.5, 0.6) is 11.5 Å². The van der Waals surface area contributed by atoms with E-state index >= 15 is 0 Å². The van der Waals surface area contributed by atoms with Crippen molar-refractivity contribution in [2.75, 3.05) is 6.61 Å². The molecule has 1 N–H and O–H groups in total. The third-order valence-electron chi connectivity index (χ3n) is 4.27. The van der Waals surface area contributed by atoms with Gasteiger partial charge in [0.05, 0.1) is 11.6 Å². The van der Waals surface area contributed by atoms with E-state index in [2.05, 4.69) is 11.4 Å². The molecule has 3 rings (SSSR count). The second-order valence-corrected chi connectivity index (χ2v) is 7.05. The van der Waals surface area contributed by atoms with Crippen molar-refractivity contribution < 1.29 is 14.3 Å². The van der Waals surface area contributed by atoms with Crippen LogP contribution < -0.4 is 14.8 Å². The van der Waals surface area contributed by atoms with E-state index in [1.807, 2.05) is 19.1 Å². The highest BCUT2D eigenvalue weighted by molar-refractivity contribution is 6.35. The molecule has 0 saturated carbocycles. The van der Waals surface area contributed by atoms with E-state index in [0.717, 1.165) is 30.8 Å². The van der Waals surface area contributed by atoms with Crippen LogP contribution in [0.25, 0.3) is 0 Å². The number of nitrogens with one attached hydrogen (secondary N) is 1. The maximum Gasteiger partial charge on any atom is 0.261 e. The van der Waals surface area contributed by atoms with Gasteiger partial charge in [0.1, 0.15) is 11.5 Å². The van der Waals surface area contributed by atoms with Gasteiger partial charge >= 0.3 is 0 Å². The summed E-state index contributed by atoms with van der Waals surface area (Å²) >= 11 is 12.0. The summed E-state index contributed by atoms with van der Waals surface area (Å²) < 4.78 is 11.4. The van der Waals surface area contributed by atoms with Gasteiger partial charge in [-0.2, -0.15) is 0 Å². The molecule has 1 unspecified atom stereocenters. The molecule has 0 aliphatic carbocycles. The number of rotatable bonds is 6. The van der Waals surface area contributed by atoms with Gasteiger partial charge in [-0.05, 0) is 54.7 Å². The van der Waals surface area contributed by atoms with Gasteiger partial charge < -0.3 is 14.8 Å². The van der Waals surface area contributed by atoms with Crippen molar-refractivity contribution in [3.63, 3.8) is 0 Å². The van der Waals surface area contributed by atoms with Crippen LogP contribution in [0.4, 0.5) is 0 Å². The number of hydrogen-bond acceptors (Lipinski definition) is 3. The molecule has 138 valence electrons. The lowest BCUT2D eigenvalue weighted by molar-refractivity contribution is -0.128. The summed E-state index contributed by atoms with van der Waals surface area (Å²) in [5.74, 6) is 1.22. The molecule has 1 aliphatic rings. The molecule has 1 heterocycles. The third-order valence-corrected chi connectivity index (χ3v) is 4.80. The summed E-state index contributed by atoms with van der Waals surface area (Å²) in [6.45, 7) is 3.11. The zero-order valence-corrected chi connectivity index (χ0v) is 16.1. The second-order valence-electron chi connectivity index (χ2n) is 6.20. The molecule has 0 bridgehead atoms. The van der Waals surface area contributed by atoms with Crippen molar-refractivity contribution in [2.45, 2.75) is 38.8 Å². The first-order valence-electron chi connectivity index (χ1n) is 8.71. The topological polar surface area (TPSA) is 47.6 Å². The molecule has 4 nitrogen and oxygen atoms in total. The average Bonchev–Trinajstić information content (AvgIpc) is 2.65. The fraction of sp³-hybridized carbons (Fsp3) is 0.350. The largest absolute Gasteiger partial charge is 0.493 e. The van der Waals surface area contributed by atoms with Crippen molar-refractivity contribution >= 4 is 29.1 Å². The molecule has 2 aromatic rings. The predicted molar refractivity (Wildman–Crippen MR) is 103 cm³/mol. The van der Waals surface area contributed by atoms with Crippen LogP contribution in [0.3, 0.4) is 0 Å². The van der Waals surface area contributed by atoms with Crippen LogP contribution in [-0.2, 0) is 17.8 Å². The van der Waals surface area contributed by atoms with E-state index in [0.29, 0.717) is 28.8 Å². The molecule has 0 radical (unpaired) electrons. The normalized spacial score (nSPS) is 14.1. The lowest BCUT2D eigenvalue weighted by atomic mass is 10.0. The maximum atomic E-state index is 12.5. The molecule has 0 aromatic heterocycles. The lowest BCUT2D eigenvalue weighted by Crippen LogP contribution is -2.37. The van der Waals surface area contributed by atoms with Crippen LogP contribution in [0.1, 0.15) is 30.9 Å². The Balaban J connectivity index is 1.60. The molecule has 1 aliphatic heterocycles. The average molecular weight is 394 g/mol. The number of carbonyl (C=O) groups is 1. The van der Waals surface area contributed by atoms with Gasteiger partial charge in [0.15, 0.2) is 6.10 Å². The minimum Gasteiger partial charge on any atom is -0.493 e. The molecular formula is C20H21Cl2NO3. The number of benzene rings is 2. The Hall–Kier alpha value is -1.91. The summed E-state index contributed by atoms with van der Waals surface area (Å²) in [6.07, 6.45) is 1.95. The highest BCUT2D eigenvalue weighted by Gasteiger charge is 2.20. The first-order chi connectivity index (χ1) is 12.6. The number of ether oxygens (including phenoxy) is 2. The van der Waals surface area contributed by atoms with E-state index in [1.165, 1.54) is 5.56 Å². The minimum absolute atomic E-state index is 0.174. The van der Waals surface area contributed by atoms with Crippen LogP contribution in [0.15, 0.2) is 36.4 Å². The van der Waals surface area contributed by atoms with Crippen molar-refractivity contribution in [2.24, 2.45) is 0 Å². The van der Waals surface area contributed by atoms with Crippen LogP contribution in [0.2, 0.25) is 10.0 Å². The van der Waals surface area contributed by atoms with E-state index in [4.69, 9.17) is 32.7 Å². The molecule has 1 amide bonds. The van der Waals surface area contributed by atoms with Crippen LogP contribution in [0, 0.1) is 0 Å².